The molecule has 1 N–H and O–H groups in total. The maximum Gasteiger partial charge on any atom is 0.340 e. The van der Waals surface area contributed by atoms with Crippen molar-refractivity contribution in [2.75, 3.05) is 19.7 Å². The second-order valence-corrected chi connectivity index (χ2v) is 6.60. The number of hydrogen-bond donors (Lipinski definition) is 1. The summed E-state index contributed by atoms with van der Waals surface area (Å²) < 4.78 is 5.09. The summed E-state index contributed by atoms with van der Waals surface area (Å²) in [5, 5.41) is 0. The quantitative estimate of drug-likeness (QED) is 0.669. The standard InChI is InChI=1S/C18H28N2O3/c1-6-23-18(22)15-12(3)16(19-13(15)4)17(21)14(5)20-9-7-11(2)8-10-20/h11,14,19H,6-10H2,1-5H3/t14-/m0/s1. The van der Waals surface area contributed by atoms with Crippen LogP contribution in [0.15, 0.2) is 0 Å². The Hall–Kier alpha value is -1.62. The number of piperidine rings is 1. The predicted molar refractivity (Wildman–Crippen MR) is 90.0 cm³/mol. The van der Waals surface area contributed by atoms with Crippen LogP contribution in [0.4, 0.5) is 0 Å². The Morgan fingerprint density at radius 2 is 1.91 bits per heavy atom. The average Bonchev–Trinajstić information content (AvgIpc) is 2.81. The van der Waals surface area contributed by atoms with Gasteiger partial charge in [-0.15, -0.1) is 0 Å². The zero-order valence-corrected chi connectivity index (χ0v) is 14.9. The van der Waals surface area contributed by atoms with E-state index < -0.39 is 0 Å². The maximum atomic E-state index is 12.9. The third-order valence-corrected chi connectivity index (χ3v) is 4.91. The summed E-state index contributed by atoms with van der Waals surface area (Å²) in [4.78, 5) is 30.3. The average molecular weight is 320 g/mol. The van der Waals surface area contributed by atoms with Gasteiger partial charge in [-0.3, -0.25) is 9.69 Å². The van der Waals surface area contributed by atoms with Gasteiger partial charge >= 0.3 is 5.97 Å². The first-order valence-corrected chi connectivity index (χ1v) is 8.51. The molecule has 23 heavy (non-hydrogen) atoms. The van der Waals surface area contributed by atoms with Crippen molar-refractivity contribution >= 4 is 11.8 Å². The van der Waals surface area contributed by atoms with Gasteiger partial charge in [0.2, 0.25) is 0 Å². The van der Waals surface area contributed by atoms with E-state index in [0.717, 1.165) is 31.8 Å². The van der Waals surface area contributed by atoms with E-state index in [1.165, 1.54) is 0 Å². The number of aromatic nitrogens is 1. The number of nitrogens with one attached hydrogen (secondary N) is 1. The number of nitrogens with zero attached hydrogens (tertiary/aromatic N) is 1. The highest BCUT2D eigenvalue weighted by atomic mass is 16.5. The van der Waals surface area contributed by atoms with E-state index >= 15 is 0 Å². The lowest BCUT2D eigenvalue weighted by Crippen LogP contribution is -2.43. The molecule has 1 aromatic rings. The van der Waals surface area contributed by atoms with E-state index in [1.54, 1.807) is 6.92 Å². The normalized spacial score (nSPS) is 18.0. The van der Waals surface area contributed by atoms with Crippen molar-refractivity contribution in [2.24, 2.45) is 5.92 Å². The van der Waals surface area contributed by atoms with Crippen LogP contribution < -0.4 is 0 Å². The molecule has 0 amide bonds. The van der Waals surface area contributed by atoms with Crippen LogP contribution in [0.3, 0.4) is 0 Å². The van der Waals surface area contributed by atoms with Gasteiger partial charge < -0.3 is 9.72 Å². The number of ketones is 1. The van der Waals surface area contributed by atoms with Crippen LogP contribution in [-0.4, -0.2) is 47.4 Å². The first kappa shape index (κ1) is 17.7. The Morgan fingerprint density at radius 1 is 1.30 bits per heavy atom. The Bertz CT molecular complexity index is 583. The smallest absolute Gasteiger partial charge is 0.340 e. The molecule has 0 aromatic carbocycles. The molecule has 1 atom stereocenters. The third-order valence-electron chi connectivity index (χ3n) is 4.91. The summed E-state index contributed by atoms with van der Waals surface area (Å²) in [6, 6.07) is -0.172. The zero-order valence-electron chi connectivity index (χ0n) is 14.9. The minimum atomic E-state index is -0.364. The molecule has 2 heterocycles. The highest BCUT2D eigenvalue weighted by Crippen LogP contribution is 2.23. The topological polar surface area (TPSA) is 62.4 Å². The summed E-state index contributed by atoms with van der Waals surface area (Å²) in [5.41, 5.74) is 2.43. The summed E-state index contributed by atoms with van der Waals surface area (Å²) >= 11 is 0. The van der Waals surface area contributed by atoms with E-state index in [4.69, 9.17) is 4.74 Å². The second kappa shape index (κ2) is 7.30. The van der Waals surface area contributed by atoms with Gasteiger partial charge in [0.25, 0.3) is 0 Å². The van der Waals surface area contributed by atoms with Crippen molar-refractivity contribution in [3.05, 3.63) is 22.5 Å². The molecule has 128 valence electrons. The summed E-state index contributed by atoms with van der Waals surface area (Å²) in [6.45, 7) is 11.9. The summed E-state index contributed by atoms with van der Waals surface area (Å²) in [5.74, 6) is 0.423. The SMILES string of the molecule is CCOC(=O)c1c(C)[nH]c(C(=O)[C@H](C)N2CCC(C)CC2)c1C. The molecule has 0 aliphatic carbocycles. The number of Topliss-reactive ketones (excluding diaryl/α,β-unsaturated/α-hetero) is 1. The molecule has 5 nitrogen and oxygen atoms in total. The monoisotopic (exact) mass is 320 g/mol. The molecule has 5 heteroatoms. The highest BCUT2D eigenvalue weighted by Gasteiger charge is 2.30. The van der Waals surface area contributed by atoms with Gasteiger partial charge in [0.1, 0.15) is 0 Å². The molecule has 1 aliphatic rings. The highest BCUT2D eigenvalue weighted by molar-refractivity contribution is 6.03. The lowest BCUT2D eigenvalue weighted by Gasteiger charge is -2.34. The van der Waals surface area contributed by atoms with Crippen LogP contribution in [0.2, 0.25) is 0 Å². The van der Waals surface area contributed by atoms with Crippen LogP contribution in [-0.2, 0) is 4.74 Å². The lowest BCUT2D eigenvalue weighted by molar-refractivity contribution is 0.0525. The number of rotatable bonds is 5. The van der Waals surface area contributed by atoms with Crippen LogP contribution in [0.1, 0.15) is 65.7 Å². The molecule has 0 saturated carbocycles. The molecule has 1 saturated heterocycles. The van der Waals surface area contributed by atoms with Gasteiger partial charge in [-0.1, -0.05) is 6.92 Å². The van der Waals surface area contributed by atoms with E-state index in [2.05, 4.69) is 16.8 Å². The Kier molecular flexibility index (Phi) is 5.63. The van der Waals surface area contributed by atoms with Crippen molar-refractivity contribution in [3.63, 3.8) is 0 Å². The maximum absolute atomic E-state index is 12.9. The van der Waals surface area contributed by atoms with Crippen LogP contribution in [0.25, 0.3) is 0 Å². The van der Waals surface area contributed by atoms with Crippen molar-refractivity contribution in [1.29, 1.82) is 0 Å². The largest absolute Gasteiger partial charge is 0.462 e. The summed E-state index contributed by atoms with van der Waals surface area (Å²) in [7, 11) is 0. The summed E-state index contributed by atoms with van der Waals surface area (Å²) in [6.07, 6.45) is 2.27. The van der Waals surface area contributed by atoms with E-state index in [-0.39, 0.29) is 17.8 Å². The molecule has 0 spiro atoms. The fourth-order valence-electron chi connectivity index (χ4n) is 3.30. The molecule has 1 fully saturated rings. The molecular formula is C18H28N2O3. The van der Waals surface area contributed by atoms with Crippen molar-refractivity contribution in [1.82, 2.24) is 9.88 Å². The molecule has 0 bridgehead atoms. The van der Waals surface area contributed by atoms with Crippen molar-refractivity contribution < 1.29 is 14.3 Å². The van der Waals surface area contributed by atoms with Gasteiger partial charge in [-0.25, -0.2) is 4.79 Å². The van der Waals surface area contributed by atoms with Crippen LogP contribution in [0.5, 0.6) is 0 Å². The van der Waals surface area contributed by atoms with Gasteiger partial charge in [0.15, 0.2) is 5.78 Å². The van der Waals surface area contributed by atoms with E-state index in [0.29, 0.717) is 29.1 Å². The zero-order chi connectivity index (χ0) is 17.1. The molecule has 1 aromatic heterocycles. The number of esters is 1. The Balaban J connectivity index is 2.19. The minimum Gasteiger partial charge on any atom is -0.462 e. The fourth-order valence-corrected chi connectivity index (χ4v) is 3.30. The number of likely N-dealkylation sites (tertiary alicyclic amines) is 1. The number of carbonyl (C=O) groups is 2. The molecular weight excluding hydrogens is 292 g/mol. The number of carbonyl (C=O) groups excluding carboxylic acids is 2. The minimum absolute atomic E-state index is 0.0516. The first-order valence-electron chi connectivity index (χ1n) is 8.51. The van der Waals surface area contributed by atoms with Gasteiger partial charge in [-0.2, -0.15) is 0 Å². The second-order valence-electron chi connectivity index (χ2n) is 6.60. The molecule has 0 unspecified atom stereocenters. The first-order chi connectivity index (χ1) is 10.9. The Labute approximate surface area is 138 Å². The molecule has 0 radical (unpaired) electrons. The van der Waals surface area contributed by atoms with Gasteiger partial charge in [0, 0.05) is 5.69 Å². The lowest BCUT2D eigenvalue weighted by atomic mass is 9.96. The predicted octanol–water partition coefficient (Wildman–Crippen LogP) is 3.11. The van der Waals surface area contributed by atoms with E-state index in [1.807, 2.05) is 20.8 Å². The number of aromatic amines is 1. The number of aryl methyl sites for hydroxylation is 1. The van der Waals surface area contributed by atoms with Crippen molar-refractivity contribution in [3.8, 4) is 0 Å². The van der Waals surface area contributed by atoms with Gasteiger partial charge in [-0.05, 0) is 65.1 Å². The van der Waals surface area contributed by atoms with Gasteiger partial charge in [0.05, 0.1) is 23.9 Å². The molecule has 1 aliphatic heterocycles. The number of ether oxygens (including phenoxy) is 1. The number of H-pyrrole nitrogens is 1. The van der Waals surface area contributed by atoms with Crippen LogP contribution in [0, 0.1) is 19.8 Å². The van der Waals surface area contributed by atoms with E-state index in [9.17, 15) is 9.59 Å². The molecule has 2 rings (SSSR count). The fraction of sp³-hybridized carbons (Fsp3) is 0.667. The van der Waals surface area contributed by atoms with Crippen LogP contribution >= 0.6 is 0 Å². The van der Waals surface area contributed by atoms with Crippen molar-refractivity contribution in [2.45, 2.75) is 53.5 Å². The Morgan fingerprint density at radius 3 is 2.48 bits per heavy atom. The third kappa shape index (κ3) is 3.66. The number of hydrogen-bond acceptors (Lipinski definition) is 4.